The van der Waals surface area contributed by atoms with Crippen LogP contribution in [0.2, 0.25) is 0 Å². The molecule has 1 aliphatic rings. The first-order valence-electron chi connectivity index (χ1n) is 5.90. The standard InChI is InChI=1S/C13H19N3O/c1-13(2,3)16-12(17)15-10-4-5-11-9(8-10)6-7-14-11/h4-5,8,14H,6-7H2,1-3H3,(H2,15,16,17). The van der Waals surface area contributed by atoms with Crippen molar-refractivity contribution in [1.29, 1.82) is 0 Å². The maximum atomic E-state index is 11.7. The minimum Gasteiger partial charge on any atom is -0.384 e. The Labute approximate surface area is 102 Å². The van der Waals surface area contributed by atoms with Gasteiger partial charge in [-0.15, -0.1) is 0 Å². The van der Waals surface area contributed by atoms with Gasteiger partial charge in [0.15, 0.2) is 0 Å². The van der Waals surface area contributed by atoms with Gasteiger partial charge in [-0.3, -0.25) is 0 Å². The van der Waals surface area contributed by atoms with Crippen LogP contribution in [0, 0.1) is 0 Å². The summed E-state index contributed by atoms with van der Waals surface area (Å²) in [4.78, 5) is 11.7. The van der Waals surface area contributed by atoms with E-state index >= 15 is 0 Å². The van der Waals surface area contributed by atoms with Gasteiger partial charge in [0.05, 0.1) is 0 Å². The number of rotatable bonds is 1. The number of amides is 2. The molecule has 1 aromatic rings. The first-order chi connectivity index (χ1) is 7.94. The van der Waals surface area contributed by atoms with Gasteiger partial charge in [-0.25, -0.2) is 4.79 Å². The second-order valence-electron chi connectivity index (χ2n) is 5.38. The molecular formula is C13H19N3O. The van der Waals surface area contributed by atoms with Crippen molar-refractivity contribution in [3.8, 4) is 0 Å². The predicted molar refractivity (Wildman–Crippen MR) is 70.5 cm³/mol. The van der Waals surface area contributed by atoms with Crippen molar-refractivity contribution in [2.75, 3.05) is 17.2 Å². The number of hydrogen-bond donors (Lipinski definition) is 3. The first kappa shape index (κ1) is 11.8. The summed E-state index contributed by atoms with van der Waals surface area (Å²) in [6.45, 7) is 6.85. The molecule has 0 aromatic heterocycles. The third-order valence-electron chi connectivity index (χ3n) is 2.56. The van der Waals surface area contributed by atoms with E-state index in [1.165, 1.54) is 11.3 Å². The van der Waals surface area contributed by atoms with Gasteiger partial charge in [-0.1, -0.05) is 0 Å². The lowest BCUT2D eigenvalue weighted by molar-refractivity contribution is 0.244. The topological polar surface area (TPSA) is 53.2 Å². The van der Waals surface area contributed by atoms with Gasteiger partial charge < -0.3 is 16.0 Å². The Kier molecular flexibility index (Phi) is 2.96. The molecule has 3 N–H and O–H groups in total. The summed E-state index contributed by atoms with van der Waals surface area (Å²) in [5.41, 5.74) is 3.06. The number of fused-ring (bicyclic) bond motifs is 1. The molecule has 0 radical (unpaired) electrons. The lowest BCUT2D eigenvalue weighted by Crippen LogP contribution is -2.43. The largest absolute Gasteiger partial charge is 0.384 e. The van der Waals surface area contributed by atoms with E-state index in [0.29, 0.717) is 0 Å². The Morgan fingerprint density at radius 1 is 1.35 bits per heavy atom. The van der Waals surface area contributed by atoms with Crippen molar-refractivity contribution in [2.24, 2.45) is 0 Å². The molecule has 0 fully saturated rings. The Hall–Kier alpha value is -1.71. The lowest BCUT2D eigenvalue weighted by Gasteiger charge is -2.20. The summed E-state index contributed by atoms with van der Waals surface area (Å²) < 4.78 is 0. The van der Waals surface area contributed by atoms with Gasteiger partial charge in [0.1, 0.15) is 0 Å². The number of carbonyl (C=O) groups is 1. The lowest BCUT2D eigenvalue weighted by atomic mass is 10.1. The fourth-order valence-electron chi connectivity index (χ4n) is 1.89. The van der Waals surface area contributed by atoms with E-state index in [4.69, 9.17) is 0 Å². The molecular weight excluding hydrogens is 214 g/mol. The van der Waals surface area contributed by atoms with Crippen LogP contribution in [0.1, 0.15) is 26.3 Å². The average molecular weight is 233 g/mol. The van der Waals surface area contributed by atoms with E-state index in [2.05, 4.69) is 16.0 Å². The van der Waals surface area contributed by atoms with Crippen molar-refractivity contribution >= 4 is 17.4 Å². The molecule has 2 rings (SSSR count). The van der Waals surface area contributed by atoms with E-state index in [-0.39, 0.29) is 11.6 Å². The molecule has 0 atom stereocenters. The molecule has 4 nitrogen and oxygen atoms in total. The minimum absolute atomic E-state index is 0.164. The fourth-order valence-corrected chi connectivity index (χ4v) is 1.89. The molecule has 0 aliphatic carbocycles. The first-order valence-corrected chi connectivity index (χ1v) is 5.90. The molecule has 92 valence electrons. The maximum Gasteiger partial charge on any atom is 0.319 e. The highest BCUT2D eigenvalue weighted by Crippen LogP contribution is 2.25. The maximum absolute atomic E-state index is 11.7. The number of urea groups is 1. The molecule has 0 bridgehead atoms. The Bertz CT molecular complexity index is 435. The molecule has 0 unspecified atom stereocenters. The Balaban J connectivity index is 2.02. The van der Waals surface area contributed by atoms with Crippen molar-refractivity contribution in [2.45, 2.75) is 32.7 Å². The zero-order chi connectivity index (χ0) is 12.5. The minimum atomic E-state index is -0.220. The van der Waals surface area contributed by atoms with Crippen LogP contribution in [0.5, 0.6) is 0 Å². The number of hydrogen-bond acceptors (Lipinski definition) is 2. The fraction of sp³-hybridized carbons (Fsp3) is 0.462. The van der Waals surface area contributed by atoms with Crippen LogP contribution in [0.25, 0.3) is 0 Å². The van der Waals surface area contributed by atoms with E-state index in [1.54, 1.807) is 0 Å². The zero-order valence-electron chi connectivity index (χ0n) is 10.6. The van der Waals surface area contributed by atoms with Crippen LogP contribution in [-0.4, -0.2) is 18.1 Å². The van der Waals surface area contributed by atoms with Crippen molar-refractivity contribution in [3.05, 3.63) is 23.8 Å². The molecule has 1 aliphatic heterocycles. The van der Waals surface area contributed by atoms with Gasteiger partial charge in [-0.05, 0) is 51.0 Å². The van der Waals surface area contributed by atoms with Crippen LogP contribution in [0.15, 0.2) is 18.2 Å². The van der Waals surface area contributed by atoms with Gasteiger partial charge >= 0.3 is 6.03 Å². The summed E-state index contributed by atoms with van der Waals surface area (Å²) in [5, 5.41) is 9.01. The third kappa shape index (κ3) is 3.12. The Morgan fingerprint density at radius 3 is 2.82 bits per heavy atom. The van der Waals surface area contributed by atoms with E-state index < -0.39 is 0 Å². The molecule has 0 saturated heterocycles. The highest BCUT2D eigenvalue weighted by atomic mass is 16.2. The molecule has 0 spiro atoms. The molecule has 1 aromatic carbocycles. The zero-order valence-corrected chi connectivity index (χ0v) is 10.6. The molecule has 4 heteroatoms. The van der Waals surface area contributed by atoms with Gasteiger partial charge in [0, 0.05) is 23.5 Å². The van der Waals surface area contributed by atoms with Gasteiger partial charge in [-0.2, -0.15) is 0 Å². The number of anilines is 2. The average Bonchev–Trinajstić information content (AvgIpc) is 2.61. The molecule has 1 heterocycles. The van der Waals surface area contributed by atoms with E-state index in [1.807, 2.05) is 39.0 Å². The highest BCUT2D eigenvalue weighted by Gasteiger charge is 2.15. The SMILES string of the molecule is CC(C)(C)NC(=O)Nc1ccc2c(c1)CCN2. The van der Waals surface area contributed by atoms with Gasteiger partial charge in [0.25, 0.3) is 0 Å². The van der Waals surface area contributed by atoms with Crippen LogP contribution in [-0.2, 0) is 6.42 Å². The molecule has 0 saturated carbocycles. The normalized spacial score (nSPS) is 13.8. The summed E-state index contributed by atoms with van der Waals surface area (Å²) in [6, 6.07) is 5.79. The van der Waals surface area contributed by atoms with Crippen molar-refractivity contribution in [1.82, 2.24) is 5.32 Å². The summed E-state index contributed by atoms with van der Waals surface area (Å²) in [5.74, 6) is 0. The monoisotopic (exact) mass is 233 g/mol. The van der Waals surface area contributed by atoms with Crippen molar-refractivity contribution in [3.63, 3.8) is 0 Å². The summed E-state index contributed by atoms with van der Waals surface area (Å²) >= 11 is 0. The summed E-state index contributed by atoms with van der Waals surface area (Å²) in [7, 11) is 0. The summed E-state index contributed by atoms with van der Waals surface area (Å²) in [6.07, 6.45) is 1.02. The Morgan fingerprint density at radius 2 is 2.12 bits per heavy atom. The van der Waals surface area contributed by atoms with Crippen LogP contribution in [0.4, 0.5) is 16.2 Å². The van der Waals surface area contributed by atoms with E-state index in [0.717, 1.165) is 18.7 Å². The van der Waals surface area contributed by atoms with Crippen LogP contribution in [0.3, 0.4) is 0 Å². The van der Waals surface area contributed by atoms with E-state index in [9.17, 15) is 4.79 Å². The number of carbonyl (C=O) groups excluding carboxylic acids is 1. The smallest absolute Gasteiger partial charge is 0.319 e. The van der Waals surface area contributed by atoms with Crippen LogP contribution < -0.4 is 16.0 Å². The second kappa shape index (κ2) is 4.28. The molecule has 17 heavy (non-hydrogen) atoms. The van der Waals surface area contributed by atoms with Crippen molar-refractivity contribution < 1.29 is 4.79 Å². The predicted octanol–water partition coefficient (Wildman–Crippen LogP) is 2.57. The number of benzene rings is 1. The third-order valence-corrected chi connectivity index (χ3v) is 2.56. The van der Waals surface area contributed by atoms with Crippen LogP contribution >= 0.6 is 0 Å². The number of nitrogens with one attached hydrogen (secondary N) is 3. The van der Waals surface area contributed by atoms with Gasteiger partial charge in [0.2, 0.25) is 0 Å². The molecule has 2 amide bonds. The highest BCUT2D eigenvalue weighted by molar-refractivity contribution is 5.90. The second-order valence-corrected chi connectivity index (χ2v) is 5.38. The quantitative estimate of drug-likeness (QED) is 0.698.